The minimum Gasteiger partial charge on any atom is -0.306 e. The molecule has 0 saturated heterocycles. The summed E-state index contributed by atoms with van der Waals surface area (Å²) in [5.41, 5.74) is 0. The zero-order valence-electron chi connectivity index (χ0n) is 12.0. The minimum absolute atomic E-state index is 0.547. The standard InChI is InChI=1S/C16H27NS/c1-4-13-7-5-8-14(11-13)17-16(12(2)3)15-9-6-10-18-15/h6,9-10,12-14,16-17H,4-5,7-8,11H2,1-3H3. The number of hydrogen-bond donors (Lipinski definition) is 1. The molecular weight excluding hydrogens is 238 g/mol. The molecule has 1 aromatic heterocycles. The summed E-state index contributed by atoms with van der Waals surface area (Å²) < 4.78 is 0. The van der Waals surface area contributed by atoms with Crippen molar-refractivity contribution in [3.8, 4) is 0 Å². The van der Waals surface area contributed by atoms with Gasteiger partial charge >= 0.3 is 0 Å². The molecule has 3 atom stereocenters. The first-order valence-electron chi connectivity index (χ1n) is 7.50. The van der Waals surface area contributed by atoms with Gasteiger partial charge in [-0.3, -0.25) is 0 Å². The first-order valence-corrected chi connectivity index (χ1v) is 8.38. The Labute approximate surface area is 116 Å². The van der Waals surface area contributed by atoms with Gasteiger partial charge in [0.25, 0.3) is 0 Å². The molecule has 1 heterocycles. The molecule has 0 aromatic carbocycles. The van der Waals surface area contributed by atoms with E-state index in [1.54, 1.807) is 0 Å². The molecule has 18 heavy (non-hydrogen) atoms. The third-order valence-electron chi connectivity index (χ3n) is 4.29. The van der Waals surface area contributed by atoms with Crippen molar-refractivity contribution in [2.45, 2.75) is 65.0 Å². The Balaban J connectivity index is 1.97. The highest BCUT2D eigenvalue weighted by atomic mass is 32.1. The number of thiophene rings is 1. The van der Waals surface area contributed by atoms with Crippen LogP contribution in [0.2, 0.25) is 0 Å². The molecule has 1 N–H and O–H groups in total. The van der Waals surface area contributed by atoms with Crippen molar-refractivity contribution < 1.29 is 0 Å². The number of rotatable bonds is 5. The Bertz CT molecular complexity index is 331. The van der Waals surface area contributed by atoms with Crippen molar-refractivity contribution in [3.63, 3.8) is 0 Å². The van der Waals surface area contributed by atoms with E-state index in [1.165, 1.54) is 37.0 Å². The second-order valence-corrected chi connectivity index (χ2v) is 7.02. The SMILES string of the molecule is CCC1CCCC(NC(c2cccs2)C(C)C)C1. The quantitative estimate of drug-likeness (QED) is 0.789. The van der Waals surface area contributed by atoms with E-state index >= 15 is 0 Å². The van der Waals surface area contributed by atoms with Crippen molar-refractivity contribution in [2.24, 2.45) is 11.8 Å². The molecule has 2 rings (SSSR count). The summed E-state index contributed by atoms with van der Waals surface area (Å²) in [4.78, 5) is 1.50. The summed E-state index contributed by atoms with van der Waals surface area (Å²) in [5.74, 6) is 1.62. The highest BCUT2D eigenvalue weighted by Gasteiger charge is 2.25. The minimum atomic E-state index is 0.547. The summed E-state index contributed by atoms with van der Waals surface area (Å²) in [5, 5.41) is 6.13. The highest BCUT2D eigenvalue weighted by Crippen LogP contribution is 2.31. The zero-order chi connectivity index (χ0) is 13.0. The van der Waals surface area contributed by atoms with Crippen LogP contribution in [0, 0.1) is 11.8 Å². The molecule has 1 aliphatic rings. The molecule has 1 saturated carbocycles. The fourth-order valence-corrected chi connectivity index (χ4v) is 4.10. The summed E-state index contributed by atoms with van der Waals surface area (Å²) in [6, 6.07) is 5.73. The molecule has 0 spiro atoms. The van der Waals surface area contributed by atoms with Gasteiger partial charge in [-0.05, 0) is 36.1 Å². The predicted molar refractivity (Wildman–Crippen MR) is 81.1 cm³/mol. The van der Waals surface area contributed by atoms with E-state index in [4.69, 9.17) is 0 Å². The predicted octanol–water partition coefficient (Wildman–Crippen LogP) is 5.00. The first kappa shape index (κ1) is 14.1. The molecule has 3 unspecified atom stereocenters. The van der Waals surface area contributed by atoms with Crippen LogP contribution in [-0.4, -0.2) is 6.04 Å². The van der Waals surface area contributed by atoms with E-state index in [1.807, 2.05) is 11.3 Å². The molecule has 0 aliphatic heterocycles. The largest absolute Gasteiger partial charge is 0.306 e. The summed E-state index contributed by atoms with van der Waals surface area (Å²) in [6.45, 7) is 7.00. The van der Waals surface area contributed by atoms with Crippen molar-refractivity contribution in [1.29, 1.82) is 0 Å². The lowest BCUT2D eigenvalue weighted by molar-refractivity contribution is 0.246. The van der Waals surface area contributed by atoms with Crippen LogP contribution < -0.4 is 5.32 Å². The van der Waals surface area contributed by atoms with E-state index in [-0.39, 0.29) is 0 Å². The van der Waals surface area contributed by atoms with Gasteiger partial charge in [0.2, 0.25) is 0 Å². The average molecular weight is 265 g/mol. The van der Waals surface area contributed by atoms with Gasteiger partial charge in [0, 0.05) is 17.0 Å². The van der Waals surface area contributed by atoms with Gasteiger partial charge in [0.1, 0.15) is 0 Å². The van der Waals surface area contributed by atoms with Gasteiger partial charge in [-0.25, -0.2) is 0 Å². The lowest BCUT2D eigenvalue weighted by Crippen LogP contribution is -2.38. The molecule has 2 heteroatoms. The Morgan fingerprint density at radius 1 is 1.39 bits per heavy atom. The first-order chi connectivity index (χ1) is 8.70. The Morgan fingerprint density at radius 3 is 2.83 bits per heavy atom. The van der Waals surface area contributed by atoms with E-state index in [0.717, 1.165) is 12.0 Å². The van der Waals surface area contributed by atoms with Gasteiger partial charge in [0.15, 0.2) is 0 Å². The molecule has 1 nitrogen and oxygen atoms in total. The van der Waals surface area contributed by atoms with Crippen LogP contribution >= 0.6 is 11.3 Å². The van der Waals surface area contributed by atoms with Crippen LogP contribution in [0.25, 0.3) is 0 Å². The Kier molecular flexibility index (Phi) is 5.25. The van der Waals surface area contributed by atoms with E-state index in [9.17, 15) is 0 Å². The Hall–Kier alpha value is -0.340. The van der Waals surface area contributed by atoms with Crippen molar-refractivity contribution in [2.75, 3.05) is 0 Å². The summed E-state index contributed by atoms with van der Waals surface area (Å²) in [6.07, 6.45) is 6.95. The van der Waals surface area contributed by atoms with Gasteiger partial charge in [0.05, 0.1) is 0 Å². The van der Waals surface area contributed by atoms with Crippen molar-refractivity contribution in [1.82, 2.24) is 5.32 Å². The van der Waals surface area contributed by atoms with Crippen LogP contribution in [0.5, 0.6) is 0 Å². The molecule has 1 aromatic rings. The maximum Gasteiger partial charge on any atom is 0.0440 e. The molecule has 1 fully saturated rings. The van der Waals surface area contributed by atoms with Crippen LogP contribution in [0.15, 0.2) is 17.5 Å². The third kappa shape index (κ3) is 3.58. The lowest BCUT2D eigenvalue weighted by atomic mass is 9.83. The molecule has 0 bridgehead atoms. The van der Waals surface area contributed by atoms with Gasteiger partial charge in [-0.2, -0.15) is 0 Å². The molecular formula is C16H27NS. The fraction of sp³-hybridized carbons (Fsp3) is 0.750. The molecule has 102 valence electrons. The average Bonchev–Trinajstić information content (AvgIpc) is 2.89. The number of hydrogen-bond acceptors (Lipinski definition) is 2. The normalized spacial score (nSPS) is 26.4. The fourth-order valence-electron chi connectivity index (χ4n) is 3.14. The van der Waals surface area contributed by atoms with Crippen LogP contribution in [0.3, 0.4) is 0 Å². The maximum absolute atomic E-state index is 3.93. The second kappa shape index (κ2) is 6.72. The van der Waals surface area contributed by atoms with Crippen molar-refractivity contribution in [3.05, 3.63) is 22.4 Å². The van der Waals surface area contributed by atoms with E-state index < -0.39 is 0 Å². The highest BCUT2D eigenvalue weighted by molar-refractivity contribution is 7.10. The van der Waals surface area contributed by atoms with E-state index in [2.05, 4.69) is 43.6 Å². The van der Waals surface area contributed by atoms with E-state index in [0.29, 0.717) is 12.0 Å². The van der Waals surface area contributed by atoms with Gasteiger partial charge in [-0.1, -0.05) is 46.1 Å². The molecule has 0 amide bonds. The number of nitrogens with one attached hydrogen (secondary N) is 1. The topological polar surface area (TPSA) is 12.0 Å². The maximum atomic E-state index is 3.93. The zero-order valence-corrected chi connectivity index (χ0v) is 12.8. The van der Waals surface area contributed by atoms with Crippen LogP contribution in [-0.2, 0) is 0 Å². The monoisotopic (exact) mass is 265 g/mol. The lowest BCUT2D eigenvalue weighted by Gasteiger charge is -2.33. The summed E-state index contributed by atoms with van der Waals surface area (Å²) >= 11 is 1.89. The second-order valence-electron chi connectivity index (χ2n) is 6.04. The third-order valence-corrected chi connectivity index (χ3v) is 5.25. The van der Waals surface area contributed by atoms with Crippen molar-refractivity contribution >= 4 is 11.3 Å². The van der Waals surface area contributed by atoms with Gasteiger partial charge in [-0.15, -0.1) is 11.3 Å². The molecule has 1 aliphatic carbocycles. The summed E-state index contributed by atoms with van der Waals surface area (Å²) in [7, 11) is 0. The van der Waals surface area contributed by atoms with Gasteiger partial charge < -0.3 is 5.32 Å². The Morgan fingerprint density at radius 2 is 2.22 bits per heavy atom. The molecule has 0 radical (unpaired) electrons. The van der Waals surface area contributed by atoms with Crippen LogP contribution in [0.4, 0.5) is 0 Å². The van der Waals surface area contributed by atoms with Crippen LogP contribution in [0.1, 0.15) is 63.8 Å². The smallest absolute Gasteiger partial charge is 0.0440 e.